The predicted molar refractivity (Wildman–Crippen MR) is 111 cm³/mol. The van der Waals surface area contributed by atoms with E-state index in [0.717, 1.165) is 67.1 Å². The van der Waals surface area contributed by atoms with E-state index in [4.69, 9.17) is 4.74 Å². The fourth-order valence-corrected chi connectivity index (χ4v) is 4.38. The van der Waals surface area contributed by atoms with Gasteiger partial charge in [-0.1, -0.05) is 31.9 Å². The van der Waals surface area contributed by atoms with Crippen molar-refractivity contribution in [1.29, 1.82) is 0 Å². The van der Waals surface area contributed by atoms with Crippen molar-refractivity contribution in [3.63, 3.8) is 0 Å². The number of nitrogens with one attached hydrogen (secondary N) is 2. The van der Waals surface area contributed by atoms with Crippen LogP contribution in [-0.2, 0) is 4.74 Å². The van der Waals surface area contributed by atoms with E-state index in [9.17, 15) is 4.79 Å². The summed E-state index contributed by atoms with van der Waals surface area (Å²) in [6.45, 7) is 6.16. The molecule has 0 spiro atoms. The molecule has 2 N–H and O–H groups in total. The monoisotopic (exact) mass is 387 g/mol. The maximum atomic E-state index is 12.7. The number of ether oxygens (including phenoxy) is 1. The molecule has 1 aliphatic heterocycles. The van der Waals surface area contributed by atoms with Crippen LogP contribution < -0.4 is 10.6 Å². The Morgan fingerprint density at radius 2 is 2.15 bits per heavy atom. The lowest BCUT2D eigenvalue weighted by Gasteiger charge is -2.30. The van der Waals surface area contributed by atoms with E-state index in [1.54, 1.807) is 11.3 Å². The molecule has 1 amide bonds. The van der Waals surface area contributed by atoms with Crippen molar-refractivity contribution in [2.75, 3.05) is 18.4 Å². The third-order valence-electron chi connectivity index (χ3n) is 5.02. The molecule has 1 aliphatic rings. The minimum atomic E-state index is -0.365. The van der Waals surface area contributed by atoms with Crippen molar-refractivity contribution in [1.82, 2.24) is 10.3 Å². The number of anilines is 1. The first-order valence-corrected chi connectivity index (χ1v) is 10.7. The zero-order valence-electron chi connectivity index (χ0n) is 16.2. The molecule has 6 heteroatoms. The van der Waals surface area contributed by atoms with E-state index in [1.807, 2.05) is 36.6 Å². The molecule has 1 aromatic heterocycles. The molecule has 3 rings (SSSR count). The molecule has 0 aliphatic carbocycles. The fraction of sp³-hybridized carbons (Fsp3) is 0.524. The van der Waals surface area contributed by atoms with Gasteiger partial charge in [-0.05, 0) is 57.3 Å². The summed E-state index contributed by atoms with van der Waals surface area (Å²) in [6.07, 6.45) is 4.88. The van der Waals surface area contributed by atoms with Gasteiger partial charge in [-0.2, -0.15) is 0 Å². The Morgan fingerprint density at radius 1 is 1.37 bits per heavy atom. The predicted octanol–water partition coefficient (Wildman–Crippen LogP) is 5.23. The number of hydrogen-bond donors (Lipinski definition) is 2. The molecule has 27 heavy (non-hydrogen) atoms. The molecule has 2 aromatic rings. The summed E-state index contributed by atoms with van der Waals surface area (Å²) in [6, 6.07) is 7.76. The number of piperidine rings is 1. The Hall–Kier alpha value is -1.92. The Balaban J connectivity index is 1.68. The van der Waals surface area contributed by atoms with Gasteiger partial charge in [0.25, 0.3) is 0 Å². The number of thiazole rings is 1. The summed E-state index contributed by atoms with van der Waals surface area (Å²) in [5, 5.41) is 9.26. The lowest BCUT2D eigenvalue weighted by atomic mass is 9.89. The van der Waals surface area contributed by atoms with Gasteiger partial charge in [0, 0.05) is 16.6 Å². The molecule has 0 bridgehead atoms. The summed E-state index contributed by atoms with van der Waals surface area (Å²) in [4.78, 5) is 17.2. The van der Waals surface area contributed by atoms with Crippen LogP contribution in [0.15, 0.2) is 29.6 Å². The molecule has 146 valence electrons. The minimum Gasteiger partial charge on any atom is -0.446 e. The number of nitrogens with zero attached hydrogens (tertiary/aromatic N) is 1. The van der Waals surface area contributed by atoms with E-state index in [1.165, 1.54) is 0 Å². The molecular formula is C21H29N3O2S. The number of para-hydroxylation sites is 1. The van der Waals surface area contributed by atoms with Gasteiger partial charge in [0.1, 0.15) is 11.1 Å². The van der Waals surface area contributed by atoms with Crippen molar-refractivity contribution in [2.45, 2.75) is 52.1 Å². The van der Waals surface area contributed by atoms with Gasteiger partial charge in [0.05, 0.1) is 5.69 Å². The van der Waals surface area contributed by atoms with E-state index in [2.05, 4.69) is 22.5 Å². The molecule has 1 unspecified atom stereocenters. The van der Waals surface area contributed by atoms with Gasteiger partial charge in [-0.3, -0.25) is 5.32 Å². The number of aromatic nitrogens is 1. The highest BCUT2D eigenvalue weighted by atomic mass is 32.1. The normalized spacial score (nSPS) is 16.1. The maximum absolute atomic E-state index is 12.7. The zero-order valence-corrected chi connectivity index (χ0v) is 17.0. The summed E-state index contributed by atoms with van der Waals surface area (Å²) >= 11 is 1.58. The van der Waals surface area contributed by atoms with Crippen molar-refractivity contribution >= 4 is 23.1 Å². The standard InChI is InChI=1S/C21H29N3O2S/c1-3-4-9-19(16-10-12-22-13-11-16)26-21(25)24-18-8-6-5-7-17(18)20-23-15(2)14-27-20/h5-8,14,16,19,22H,3-4,9-13H2,1-2H3,(H,24,25). The van der Waals surface area contributed by atoms with Gasteiger partial charge in [-0.15, -0.1) is 11.3 Å². The Kier molecular flexibility index (Phi) is 7.24. The van der Waals surface area contributed by atoms with Crippen LogP contribution in [0.25, 0.3) is 10.6 Å². The molecule has 1 aromatic carbocycles. The van der Waals surface area contributed by atoms with Crippen molar-refractivity contribution in [2.24, 2.45) is 5.92 Å². The minimum absolute atomic E-state index is 0.0127. The third-order valence-corrected chi connectivity index (χ3v) is 6.02. The quantitative estimate of drug-likeness (QED) is 0.683. The van der Waals surface area contributed by atoms with Gasteiger partial charge in [0.2, 0.25) is 0 Å². The number of rotatable bonds is 7. The Bertz CT molecular complexity index is 741. The highest BCUT2D eigenvalue weighted by molar-refractivity contribution is 7.13. The molecule has 0 radical (unpaired) electrons. The molecule has 5 nitrogen and oxygen atoms in total. The summed E-state index contributed by atoms with van der Waals surface area (Å²) < 4.78 is 5.90. The first-order chi connectivity index (χ1) is 13.2. The molecule has 1 atom stereocenters. The smallest absolute Gasteiger partial charge is 0.411 e. The Labute approximate surface area is 165 Å². The number of benzene rings is 1. The summed E-state index contributed by atoms with van der Waals surface area (Å²) in [5.41, 5.74) is 2.66. The SMILES string of the molecule is CCCCC(OC(=O)Nc1ccccc1-c1nc(C)cs1)C1CCNCC1. The topological polar surface area (TPSA) is 63.2 Å². The highest BCUT2D eigenvalue weighted by Crippen LogP contribution is 2.31. The summed E-state index contributed by atoms with van der Waals surface area (Å²) in [7, 11) is 0. The van der Waals surface area contributed by atoms with Gasteiger partial charge in [-0.25, -0.2) is 9.78 Å². The molecule has 1 saturated heterocycles. The maximum Gasteiger partial charge on any atom is 0.411 e. The van der Waals surface area contributed by atoms with Crippen LogP contribution >= 0.6 is 11.3 Å². The van der Waals surface area contributed by atoms with Crippen LogP contribution in [0.4, 0.5) is 10.5 Å². The lowest BCUT2D eigenvalue weighted by Crippen LogP contribution is -2.37. The second-order valence-corrected chi connectivity index (χ2v) is 8.00. The van der Waals surface area contributed by atoms with Crippen LogP contribution in [0, 0.1) is 12.8 Å². The zero-order chi connectivity index (χ0) is 19.1. The molecule has 2 heterocycles. The first kappa shape index (κ1) is 19.8. The number of aryl methyl sites for hydroxylation is 1. The molecule has 1 fully saturated rings. The van der Waals surface area contributed by atoms with Crippen LogP contribution in [0.2, 0.25) is 0 Å². The lowest BCUT2D eigenvalue weighted by molar-refractivity contribution is 0.0527. The summed E-state index contributed by atoms with van der Waals surface area (Å²) in [5.74, 6) is 0.445. The van der Waals surface area contributed by atoms with Crippen LogP contribution in [0.3, 0.4) is 0 Å². The van der Waals surface area contributed by atoms with Gasteiger partial charge in [0.15, 0.2) is 0 Å². The number of carbonyl (C=O) groups excluding carboxylic acids is 1. The van der Waals surface area contributed by atoms with Gasteiger partial charge < -0.3 is 10.1 Å². The van der Waals surface area contributed by atoms with E-state index in [-0.39, 0.29) is 12.2 Å². The number of carbonyl (C=O) groups is 1. The van der Waals surface area contributed by atoms with E-state index < -0.39 is 0 Å². The van der Waals surface area contributed by atoms with E-state index >= 15 is 0 Å². The number of unbranched alkanes of at least 4 members (excludes halogenated alkanes) is 1. The Morgan fingerprint density at radius 3 is 2.85 bits per heavy atom. The average Bonchev–Trinajstić information content (AvgIpc) is 3.12. The number of amides is 1. The van der Waals surface area contributed by atoms with Gasteiger partial charge >= 0.3 is 6.09 Å². The molecular weight excluding hydrogens is 358 g/mol. The van der Waals surface area contributed by atoms with Crippen LogP contribution in [0.1, 0.15) is 44.7 Å². The van der Waals surface area contributed by atoms with Crippen molar-refractivity contribution < 1.29 is 9.53 Å². The third kappa shape index (κ3) is 5.53. The fourth-order valence-electron chi connectivity index (χ4n) is 3.55. The average molecular weight is 388 g/mol. The van der Waals surface area contributed by atoms with Crippen molar-refractivity contribution in [3.05, 3.63) is 35.3 Å². The highest BCUT2D eigenvalue weighted by Gasteiger charge is 2.26. The van der Waals surface area contributed by atoms with E-state index in [0.29, 0.717) is 5.92 Å². The van der Waals surface area contributed by atoms with Crippen LogP contribution in [-0.4, -0.2) is 30.3 Å². The van der Waals surface area contributed by atoms with Crippen LogP contribution in [0.5, 0.6) is 0 Å². The van der Waals surface area contributed by atoms with Crippen molar-refractivity contribution in [3.8, 4) is 10.6 Å². The largest absolute Gasteiger partial charge is 0.446 e. The first-order valence-electron chi connectivity index (χ1n) is 9.87. The molecule has 0 saturated carbocycles. The second kappa shape index (κ2) is 9.85. The number of hydrogen-bond acceptors (Lipinski definition) is 5. The second-order valence-electron chi connectivity index (χ2n) is 7.14.